The Hall–Kier alpha value is -0.370. The number of hydrogen-bond donors (Lipinski definition) is 1. The summed E-state index contributed by atoms with van der Waals surface area (Å²) in [7, 11) is 0. The van der Waals surface area contributed by atoms with Gasteiger partial charge in [-0.2, -0.15) is 0 Å². The zero-order valence-corrected chi connectivity index (χ0v) is 7.92. The Morgan fingerprint density at radius 2 is 2.00 bits per heavy atom. The minimum atomic E-state index is -0.685. The van der Waals surface area contributed by atoms with Crippen LogP contribution in [0.2, 0.25) is 0 Å². The second-order valence-electron chi connectivity index (χ2n) is 5.38. The maximum Gasteiger partial charge on any atom is 0.165 e. The van der Waals surface area contributed by atoms with Gasteiger partial charge in [-0.1, -0.05) is 20.8 Å². The van der Waals surface area contributed by atoms with Gasteiger partial charge in [0.1, 0.15) is 6.10 Å². The number of rotatable bonds is 0. The molecule has 3 atom stereocenters. The van der Waals surface area contributed by atoms with Crippen molar-refractivity contribution >= 4 is 5.78 Å². The molecule has 0 aliphatic heterocycles. The van der Waals surface area contributed by atoms with E-state index < -0.39 is 6.10 Å². The Balaban J connectivity index is 2.39. The first-order valence-electron chi connectivity index (χ1n) is 4.59. The highest BCUT2D eigenvalue weighted by atomic mass is 16.3. The highest BCUT2D eigenvalue weighted by Gasteiger charge is 2.61. The fraction of sp³-hybridized carbons (Fsp3) is 0.900. The van der Waals surface area contributed by atoms with Gasteiger partial charge in [0.2, 0.25) is 0 Å². The number of Topliss-reactive ketones (excluding diaryl/α,β-unsaturated/α-hetero) is 1. The number of carbonyl (C=O) groups is 1. The second kappa shape index (κ2) is 1.92. The van der Waals surface area contributed by atoms with Crippen LogP contribution in [0.5, 0.6) is 0 Å². The summed E-state index contributed by atoms with van der Waals surface area (Å²) >= 11 is 0. The van der Waals surface area contributed by atoms with E-state index in [-0.39, 0.29) is 22.5 Å². The Bertz CT molecular complexity index is 244. The predicted octanol–water partition coefficient (Wildman–Crippen LogP) is 1.37. The van der Waals surface area contributed by atoms with Crippen molar-refractivity contribution in [3.8, 4) is 0 Å². The van der Waals surface area contributed by atoms with Crippen molar-refractivity contribution in [2.24, 2.45) is 16.7 Å². The second-order valence-corrected chi connectivity index (χ2v) is 5.38. The molecule has 2 aliphatic carbocycles. The fourth-order valence-corrected chi connectivity index (χ4v) is 3.21. The third-order valence-electron chi connectivity index (χ3n) is 3.75. The third-order valence-corrected chi connectivity index (χ3v) is 3.75. The van der Waals surface area contributed by atoms with Gasteiger partial charge < -0.3 is 5.11 Å². The van der Waals surface area contributed by atoms with Crippen LogP contribution in [-0.2, 0) is 4.79 Å². The van der Waals surface area contributed by atoms with Crippen molar-refractivity contribution < 1.29 is 9.90 Å². The zero-order valence-electron chi connectivity index (χ0n) is 7.92. The molecule has 2 rings (SSSR count). The quantitative estimate of drug-likeness (QED) is 0.593. The van der Waals surface area contributed by atoms with Crippen LogP contribution in [0, 0.1) is 16.7 Å². The molecule has 0 saturated heterocycles. The molecule has 0 radical (unpaired) electrons. The topological polar surface area (TPSA) is 37.3 Å². The predicted molar refractivity (Wildman–Crippen MR) is 45.6 cm³/mol. The van der Waals surface area contributed by atoms with E-state index in [0.717, 1.165) is 12.8 Å². The zero-order chi connectivity index (χ0) is 9.15. The van der Waals surface area contributed by atoms with E-state index in [1.807, 2.05) is 6.92 Å². The van der Waals surface area contributed by atoms with E-state index in [2.05, 4.69) is 13.8 Å². The number of carbonyl (C=O) groups excluding carboxylic acids is 1. The number of ketones is 1. The molecular weight excluding hydrogens is 152 g/mol. The van der Waals surface area contributed by atoms with E-state index in [4.69, 9.17) is 0 Å². The maximum absolute atomic E-state index is 11.5. The highest BCUT2D eigenvalue weighted by molar-refractivity contribution is 5.90. The van der Waals surface area contributed by atoms with Gasteiger partial charge in [-0.15, -0.1) is 0 Å². The molecule has 68 valence electrons. The van der Waals surface area contributed by atoms with Crippen LogP contribution in [0.4, 0.5) is 0 Å². The van der Waals surface area contributed by atoms with Crippen molar-refractivity contribution in [3.63, 3.8) is 0 Å². The minimum absolute atomic E-state index is 0.0775. The van der Waals surface area contributed by atoms with Gasteiger partial charge >= 0.3 is 0 Å². The Morgan fingerprint density at radius 1 is 1.42 bits per heavy atom. The van der Waals surface area contributed by atoms with E-state index in [0.29, 0.717) is 0 Å². The van der Waals surface area contributed by atoms with Crippen LogP contribution in [0.25, 0.3) is 0 Å². The monoisotopic (exact) mass is 168 g/mol. The molecule has 0 heterocycles. The molecule has 0 aromatic carbocycles. The van der Waals surface area contributed by atoms with Crippen molar-refractivity contribution in [3.05, 3.63) is 0 Å². The van der Waals surface area contributed by atoms with Crippen LogP contribution < -0.4 is 0 Å². The fourth-order valence-electron chi connectivity index (χ4n) is 3.21. The summed E-state index contributed by atoms with van der Waals surface area (Å²) in [6.07, 6.45) is 1.19. The van der Waals surface area contributed by atoms with Gasteiger partial charge in [0, 0.05) is 11.3 Å². The smallest absolute Gasteiger partial charge is 0.165 e. The van der Waals surface area contributed by atoms with Crippen LogP contribution in [0.1, 0.15) is 33.6 Å². The van der Waals surface area contributed by atoms with Gasteiger partial charge in [-0.3, -0.25) is 4.79 Å². The lowest BCUT2D eigenvalue weighted by molar-refractivity contribution is -0.137. The molecule has 2 saturated carbocycles. The van der Waals surface area contributed by atoms with E-state index in [9.17, 15) is 9.90 Å². The van der Waals surface area contributed by atoms with E-state index in [1.165, 1.54) is 0 Å². The Kier molecular flexibility index (Phi) is 1.32. The first-order chi connectivity index (χ1) is 5.37. The van der Waals surface area contributed by atoms with Gasteiger partial charge in [0.25, 0.3) is 0 Å². The summed E-state index contributed by atoms with van der Waals surface area (Å²) < 4.78 is 0. The highest BCUT2D eigenvalue weighted by Crippen LogP contribution is 2.60. The maximum atomic E-state index is 11.5. The van der Waals surface area contributed by atoms with Crippen LogP contribution in [0.15, 0.2) is 0 Å². The van der Waals surface area contributed by atoms with Gasteiger partial charge in [0.15, 0.2) is 5.78 Å². The molecule has 2 bridgehead atoms. The molecule has 12 heavy (non-hydrogen) atoms. The molecule has 1 N–H and O–H groups in total. The summed E-state index contributed by atoms with van der Waals surface area (Å²) in [6.45, 7) is 6.30. The van der Waals surface area contributed by atoms with Crippen molar-refractivity contribution in [1.29, 1.82) is 0 Å². The Labute approximate surface area is 73.0 Å². The first-order valence-corrected chi connectivity index (χ1v) is 4.59. The summed E-state index contributed by atoms with van der Waals surface area (Å²) in [6, 6.07) is 0. The summed E-state index contributed by atoms with van der Waals surface area (Å²) in [5, 5.41) is 9.63. The molecule has 2 fully saturated rings. The molecule has 0 unspecified atom stereocenters. The van der Waals surface area contributed by atoms with E-state index in [1.54, 1.807) is 0 Å². The lowest BCUT2D eigenvalue weighted by Gasteiger charge is -2.35. The Morgan fingerprint density at radius 3 is 2.33 bits per heavy atom. The molecule has 0 spiro atoms. The molecule has 0 aromatic heterocycles. The SMILES string of the molecule is CC1(C)C[C@@]2(C)C[C@@H]1C(=O)[C@H]2O. The molecule has 2 aliphatic rings. The van der Waals surface area contributed by atoms with Crippen LogP contribution in [-0.4, -0.2) is 17.0 Å². The normalized spacial score (nSPS) is 50.2. The summed E-state index contributed by atoms with van der Waals surface area (Å²) in [5.74, 6) is 0.186. The number of aliphatic hydroxyl groups is 1. The van der Waals surface area contributed by atoms with Gasteiger partial charge in [-0.25, -0.2) is 0 Å². The van der Waals surface area contributed by atoms with Crippen LogP contribution in [0.3, 0.4) is 0 Å². The third kappa shape index (κ3) is 0.764. The average molecular weight is 168 g/mol. The van der Waals surface area contributed by atoms with Crippen molar-refractivity contribution in [2.45, 2.75) is 39.7 Å². The minimum Gasteiger partial charge on any atom is -0.385 e. The van der Waals surface area contributed by atoms with E-state index >= 15 is 0 Å². The molecule has 2 heteroatoms. The van der Waals surface area contributed by atoms with Gasteiger partial charge in [-0.05, 0) is 18.3 Å². The van der Waals surface area contributed by atoms with Crippen molar-refractivity contribution in [2.75, 3.05) is 0 Å². The number of aliphatic hydroxyl groups excluding tert-OH is 1. The number of hydrogen-bond acceptors (Lipinski definition) is 2. The molecule has 0 amide bonds. The molecular formula is C10H16O2. The first kappa shape index (κ1) is 8.24. The summed E-state index contributed by atoms with van der Waals surface area (Å²) in [4.78, 5) is 11.5. The lowest BCUT2D eigenvalue weighted by atomic mass is 9.71. The lowest BCUT2D eigenvalue weighted by Crippen LogP contribution is -2.41. The average Bonchev–Trinajstić information content (AvgIpc) is 2.27. The number of fused-ring (bicyclic) bond motifs is 2. The van der Waals surface area contributed by atoms with Gasteiger partial charge in [0.05, 0.1) is 0 Å². The van der Waals surface area contributed by atoms with Crippen LogP contribution >= 0.6 is 0 Å². The standard InChI is InChI=1S/C10H16O2/c1-9(2)5-10(3)4-6(9)7(11)8(10)12/h6,8,12H,4-5H2,1-3H3/t6-,8-,10-/m1/s1. The van der Waals surface area contributed by atoms with Crippen molar-refractivity contribution in [1.82, 2.24) is 0 Å². The largest absolute Gasteiger partial charge is 0.385 e. The molecule has 0 aromatic rings. The molecule has 2 nitrogen and oxygen atoms in total. The summed E-state index contributed by atoms with van der Waals surface area (Å²) in [5.41, 5.74) is -0.00366.